The number of rotatable bonds is 4. The first-order valence-corrected chi connectivity index (χ1v) is 7.08. The number of aryl methyl sites for hydroxylation is 1. The third-order valence-corrected chi connectivity index (χ3v) is 3.58. The predicted octanol–water partition coefficient (Wildman–Crippen LogP) is 2.94. The number of pyridine rings is 1. The van der Waals surface area contributed by atoms with Crippen molar-refractivity contribution < 1.29 is 0 Å². The highest BCUT2D eigenvalue weighted by Crippen LogP contribution is 2.22. The van der Waals surface area contributed by atoms with Gasteiger partial charge in [-0.05, 0) is 26.0 Å². The Kier molecular flexibility index (Phi) is 3.44. The number of fused-ring (bicyclic) bond motifs is 1. The Morgan fingerprint density at radius 1 is 1.30 bits per heavy atom. The molecule has 0 spiro atoms. The summed E-state index contributed by atoms with van der Waals surface area (Å²) in [4.78, 5) is 13.2. The van der Waals surface area contributed by atoms with Gasteiger partial charge in [0.05, 0.1) is 18.2 Å². The molecule has 0 fully saturated rings. The van der Waals surface area contributed by atoms with Crippen molar-refractivity contribution in [2.24, 2.45) is 0 Å². The second kappa shape index (κ2) is 5.25. The van der Waals surface area contributed by atoms with Gasteiger partial charge >= 0.3 is 0 Å². The van der Waals surface area contributed by atoms with E-state index in [1.54, 1.807) is 6.20 Å². The zero-order chi connectivity index (χ0) is 14.1. The van der Waals surface area contributed by atoms with Gasteiger partial charge in [-0.15, -0.1) is 11.6 Å². The summed E-state index contributed by atoms with van der Waals surface area (Å²) < 4.78 is 4.17. The Bertz CT molecular complexity index is 717. The average molecular weight is 290 g/mol. The number of hydrogen-bond acceptors (Lipinski definition) is 3. The number of nitrogens with zero attached hydrogens (tertiary/aromatic N) is 5. The van der Waals surface area contributed by atoms with Crippen molar-refractivity contribution in [2.45, 2.75) is 32.3 Å². The number of imidazole rings is 2. The van der Waals surface area contributed by atoms with Crippen LogP contribution in [-0.2, 0) is 12.4 Å². The van der Waals surface area contributed by atoms with Crippen LogP contribution in [0.3, 0.4) is 0 Å². The molecule has 20 heavy (non-hydrogen) atoms. The van der Waals surface area contributed by atoms with Crippen molar-refractivity contribution in [3.05, 3.63) is 42.4 Å². The molecule has 0 aliphatic rings. The molecule has 0 aliphatic carbocycles. The minimum Gasteiger partial charge on any atom is -0.335 e. The lowest BCUT2D eigenvalue weighted by molar-refractivity contribution is 0.462. The van der Waals surface area contributed by atoms with E-state index >= 15 is 0 Å². The third-order valence-electron chi connectivity index (χ3n) is 3.34. The zero-order valence-electron chi connectivity index (χ0n) is 11.5. The molecule has 1 unspecified atom stereocenters. The van der Waals surface area contributed by atoms with Crippen molar-refractivity contribution in [3.8, 4) is 0 Å². The molecule has 1 atom stereocenters. The second-order valence-corrected chi connectivity index (χ2v) is 5.20. The van der Waals surface area contributed by atoms with Crippen LogP contribution in [0.5, 0.6) is 0 Å². The first-order valence-electron chi connectivity index (χ1n) is 6.55. The second-order valence-electron chi connectivity index (χ2n) is 4.94. The van der Waals surface area contributed by atoms with Gasteiger partial charge in [0.1, 0.15) is 11.3 Å². The molecule has 3 rings (SSSR count). The van der Waals surface area contributed by atoms with Crippen LogP contribution in [0.1, 0.15) is 24.5 Å². The van der Waals surface area contributed by atoms with E-state index < -0.39 is 0 Å². The lowest BCUT2D eigenvalue weighted by atomic mass is 10.3. The summed E-state index contributed by atoms with van der Waals surface area (Å²) in [6.45, 7) is 4.93. The fourth-order valence-corrected chi connectivity index (χ4v) is 2.64. The van der Waals surface area contributed by atoms with Crippen LogP contribution >= 0.6 is 11.6 Å². The Balaban J connectivity index is 2.06. The maximum atomic E-state index is 6.04. The number of halogens is 1. The van der Waals surface area contributed by atoms with Crippen LogP contribution in [0.4, 0.5) is 0 Å². The van der Waals surface area contributed by atoms with Gasteiger partial charge in [0.15, 0.2) is 5.65 Å². The van der Waals surface area contributed by atoms with Gasteiger partial charge in [-0.25, -0.2) is 15.0 Å². The number of aromatic nitrogens is 5. The summed E-state index contributed by atoms with van der Waals surface area (Å²) in [7, 11) is 0. The average Bonchev–Trinajstić information content (AvgIpc) is 3.04. The topological polar surface area (TPSA) is 48.5 Å². The van der Waals surface area contributed by atoms with Gasteiger partial charge in [0.25, 0.3) is 0 Å². The maximum Gasteiger partial charge on any atom is 0.160 e. The van der Waals surface area contributed by atoms with Crippen LogP contribution in [0.25, 0.3) is 11.2 Å². The van der Waals surface area contributed by atoms with Crippen molar-refractivity contribution in [3.63, 3.8) is 0 Å². The summed E-state index contributed by atoms with van der Waals surface area (Å²) in [5.74, 6) is 1.23. The van der Waals surface area contributed by atoms with Crippen LogP contribution in [-0.4, -0.2) is 24.1 Å². The minimum absolute atomic E-state index is 0.206. The SMILES string of the molecule is Cc1ccc2nc(CCl)n(C(C)Cn3ccnc3)c2n1. The number of alkyl halides is 1. The third kappa shape index (κ3) is 2.29. The van der Waals surface area contributed by atoms with Crippen molar-refractivity contribution in [1.82, 2.24) is 24.1 Å². The standard InChI is InChI=1S/C14H16ClN5/c1-10-3-4-12-14(17-10)20(13(7-15)18-12)11(2)8-19-6-5-16-9-19/h3-6,9,11H,7-8H2,1-2H3. The normalized spacial score (nSPS) is 12.9. The number of hydrogen-bond donors (Lipinski definition) is 0. The van der Waals surface area contributed by atoms with Crippen molar-refractivity contribution in [2.75, 3.05) is 0 Å². The molecule has 0 aliphatic heterocycles. The summed E-state index contributed by atoms with van der Waals surface area (Å²) in [6.07, 6.45) is 5.55. The molecule has 0 N–H and O–H groups in total. The molecule has 0 bridgehead atoms. The molecule has 3 heterocycles. The molecule has 3 aromatic rings. The molecule has 0 aromatic carbocycles. The minimum atomic E-state index is 0.206. The van der Waals surface area contributed by atoms with Gasteiger partial charge in [-0.3, -0.25) is 0 Å². The lowest BCUT2D eigenvalue weighted by Crippen LogP contribution is -2.15. The largest absolute Gasteiger partial charge is 0.335 e. The molecule has 5 nitrogen and oxygen atoms in total. The Morgan fingerprint density at radius 3 is 2.85 bits per heavy atom. The molecule has 0 saturated carbocycles. The first kappa shape index (κ1) is 13.1. The van der Waals surface area contributed by atoms with Gasteiger partial charge in [-0.1, -0.05) is 0 Å². The molecule has 104 valence electrons. The van der Waals surface area contributed by atoms with Crippen LogP contribution < -0.4 is 0 Å². The van der Waals surface area contributed by atoms with E-state index in [1.165, 1.54) is 0 Å². The van der Waals surface area contributed by atoms with E-state index in [2.05, 4.69) is 26.4 Å². The molecular weight excluding hydrogens is 274 g/mol. The summed E-state index contributed by atoms with van der Waals surface area (Å²) in [5, 5.41) is 0. The monoisotopic (exact) mass is 289 g/mol. The fourth-order valence-electron chi connectivity index (χ4n) is 2.45. The highest BCUT2D eigenvalue weighted by Gasteiger charge is 2.16. The van der Waals surface area contributed by atoms with Crippen molar-refractivity contribution >= 4 is 22.8 Å². The molecular formula is C14H16ClN5. The van der Waals surface area contributed by atoms with E-state index in [1.807, 2.05) is 36.1 Å². The van der Waals surface area contributed by atoms with E-state index in [0.717, 1.165) is 29.2 Å². The Labute approximate surface area is 122 Å². The molecule has 0 amide bonds. The van der Waals surface area contributed by atoms with E-state index in [0.29, 0.717) is 5.88 Å². The van der Waals surface area contributed by atoms with Gasteiger partial charge < -0.3 is 9.13 Å². The van der Waals surface area contributed by atoms with E-state index in [9.17, 15) is 0 Å². The highest BCUT2D eigenvalue weighted by molar-refractivity contribution is 6.16. The molecule has 6 heteroatoms. The van der Waals surface area contributed by atoms with Gasteiger partial charge in [-0.2, -0.15) is 0 Å². The summed E-state index contributed by atoms with van der Waals surface area (Å²) >= 11 is 6.04. The van der Waals surface area contributed by atoms with Crippen LogP contribution in [0, 0.1) is 6.92 Å². The Morgan fingerprint density at radius 2 is 2.15 bits per heavy atom. The van der Waals surface area contributed by atoms with Crippen LogP contribution in [0.15, 0.2) is 30.9 Å². The van der Waals surface area contributed by atoms with E-state index in [4.69, 9.17) is 11.6 Å². The molecule has 3 aromatic heterocycles. The molecule has 0 radical (unpaired) electrons. The highest BCUT2D eigenvalue weighted by atomic mass is 35.5. The van der Waals surface area contributed by atoms with Crippen molar-refractivity contribution in [1.29, 1.82) is 0 Å². The summed E-state index contributed by atoms with van der Waals surface area (Å²) in [5.41, 5.74) is 2.77. The smallest absolute Gasteiger partial charge is 0.160 e. The first-order chi connectivity index (χ1) is 9.69. The fraction of sp³-hybridized carbons (Fsp3) is 0.357. The quantitative estimate of drug-likeness (QED) is 0.694. The predicted molar refractivity (Wildman–Crippen MR) is 78.8 cm³/mol. The lowest BCUT2D eigenvalue weighted by Gasteiger charge is -2.17. The van der Waals surface area contributed by atoms with E-state index in [-0.39, 0.29) is 6.04 Å². The van der Waals surface area contributed by atoms with Crippen LogP contribution in [0.2, 0.25) is 0 Å². The summed E-state index contributed by atoms with van der Waals surface area (Å²) in [6, 6.07) is 4.17. The Hall–Kier alpha value is -1.88. The molecule has 0 saturated heterocycles. The van der Waals surface area contributed by atoms with Gasteiger partial charge in [0.2, 0.25) is 0 Å². The zero-order valence-corrected chi connectivity index (χ0v) is 12.2. The maximum absolute atomic E-state index is 6.04. The van der Waals surface area contributed by atoms with Gasteiger partial charge in [0, 0.05) is 24.6 Å².